The summed E-state index contributed by atoms with van der Waals surface area (Å²) < 4.78 is 1.89. The van der Waals surface area contributed by atoms with Crippen LogP contribution in [0.15, 0.2) is 17.4 Å². The lowest BCUT2D eigenvalue weighted by atomic mass is 9.99. The Morgan fingerprint density at radius 2 is 2.30 bits per heavy atom. The number of unbranched alkanes of at least 4 members (excludes halogenated alkanes) is 1. The van der Waals surface area contributed by atoms with Crippen molar-refractivity contribution in [1.29, 1.82) is 0 Å². The number of nitrogens with one attached hydrogen (secondary N) is 1. The Balaban J connectivity index is 1.84. The second-order valence-electron chi connectivity index (χ2n) is 6.72. The third-order valence-electron chi connectivity index (χ3n) is 4.99. The third-order valence-corrected chi connectivity index (χ3v) is 4.99. The van der Waals surface area contributed by atoms with E-state index in [9.17, 15) is 0 Å². The fraction of sp³-hybridized carbons (Fsp3) is 0.778. The Hall–Kier alpha value is -1.52. The molecule has 0 spiro atoms. The molecule has 1 aliphatic rings. The summed E-state index contributed by atoms with van der Waals surface area (Å²) in [5.41, 5.74) is 1.35. The Morgan fingerprint density at radius 1 is 1.48 bits per heavy atom. The zero-order valence-corrected chi connectivity index (χ0v) is 15.3. The standard InChI is InChI=1S/C18H33N5/c1-5-7-8-15(6-2)11-20-18(19-3)23-10-9-16(14-23)17-12-21-22(4)13-17/h12-13,15-16H,5-11,14H2,1-4H3,(H,19,20). The molecule has 5 nitrogen and oxygen atoms in total. The van der Waals surface area contributed by atoms with Crippen molar-refractivity contribution in [3.8, 4) is 0 Å². The number of hydrogen-bond donors (Lipinski definition) is 1. The molecule has 23 heavy (non-hydrogen) atoms. The number of likely N-dealkylation sites (tertiary alicyclic amines) is 1. The average Bonchev–Trinajstić information content (AvgIpc) is 3.20. The van der Waals surface area contributed by atoms with E-state index in [1.165, 1.54) is 37.7 Å². The average molecular weight is 319 g/mol. The van der Waals surface area contributed by atoms with E-state index >= 15 is 0 Å². The molecule has 2 unspecified atom stereocenters. The third kappa shape index (κ3) is 4.98. The van der Waals surface area contributed by atoms with Crippen molar-refractivity contribution in [1.82, 2.24) is 20.0 Å². The number of nitrogens with zero attached hydrogens (tertiary/aromatic N) is 4. The smallest absolute Gasteiger partial charge is 0.193 e. The van der Waals surface area contributed by atoms with E-state index in [-0.39, 0.29) is 0 Å². The molecule has 1 saturated heterocycles. The van der Waals surface area contributed by atoms with E-state index in [1.54, 1.807) is 0 Å². The van der Waals surface area contributed by atoms with E-state index in [0.29, 0.717) is 5.92 Å². The van der Waals surface area contributed by atoms with Gasteiger partial charge < -0.3 is 10.2 Å². The Kier molecular flexibility index (Phi) is 6.93. The van der Waals surface area contributed by atoms with Crippen LogP contribution in [-0.2, 0) is 7.05 Å². The molecule has 0 aromatic carbocycles. The summed E-state index contributed by atoms with van der Waals surface area (Å²) in [6, 6.07) is 0. The summed E-state index contributed by atoms with van der Waals surface area (Å²) in [6.07, 6.45) is 10.5. The van der Waals surface area contributed by atoms with Crippen LogP contribution in [0.5, 0.6) is 0 Å². The second kappa shape index (κ2) is 8.94. The van der Waals surface area contributed by atoms with E-state index in [2.05, 4.69) is 40.4 Å². The fourth-order valence-electron chi connectivity index (χ4n) is 3.39. The van der Waals surface area contributed by atoms with Gasteiger partial charge >= 0.3 is 0 Å². The number of rotatable bonds is 7. The molecule has 0 amide bonds. The molecule has 130 valence electrons. The molecular weight excluding hydrogens is 286 g/mol. The van der Waals surface area contributed by atoms with Crippen molar-refractivity contribution < 1.29 is 0 Å². The summed E-state index contributed by atoms with van der Waals surface area (Å²) in [5.74, 6) is 2.39. The predicted octanol–water partition coefficient (Wildman–Crippen LogP) is 3.00. The van der Waals surface area contributed by atoms with Gasteiger partial charge in [-0.1, -0.05) is 33.1 Å². The molecule has 0 radical (unpaired) electrons. The maximum atomic E-state index is 4.50. The summed E-state index contributed by atoms with van der Waals surface area (Å²) >= 11 is 0. The van der Waals surface area contributed by atoms with Gasteiger partial charge in [-0.05, 0) is 24.3 Å². The number of aromatic nitrogens is 2. The van der Waals surface area contributed by atoms with Gasteiger partial charge in [-0.2, -0.15) is 5.10 Å². The van der Waals surface area contributed by atoms with Crippen LogP contribution >= 0.6 is 0 Å². The molecule has 2 heterocycles. The van der Waals surface area contributed by atoms with E-state index < -0.39 is 0 Å². The first-order valence-electron chi connectivity index (χ1n) is 9.12. The Labute approximate surface area is 141 Å². The minimum Gasteiger partial charge on any atom is -0.356 e. The fourth-order valence-corrected chi connectivity index (χ4v) is 3.39. The van der Waals surface area contributed by atoms with Gasteiger partial charge in [0.05, 0.1) is 6.20 Å². The molecule has 0 saturated carbocycles. The van der Waals surface area contributed by atoms with E-state index in [0.717, 1.165) is 31.5 Å². The van der Waals surface area contributed by atoms with Gasteiger partial charge in [-0.25, -0.2) is 0 Å². The number of aryl methyl sites for hydroxylation is 1. The van der Waals surface area contributed by atoms with Crippen LogP contribution in [0.3, 0.4) is 0 Å². The lowest BCUT2D eigenvalue weighted by Gasteiger charge is -2.24. The SMILES string of the molecule is CCCCC(CC)CNC(=NC)N1CCC(c2cnn(C)c2)C1. The molecule has 1 N–H and O–H groups in total. The number of hydrogen-bond acceptors (Lipinski definition) is 2. The van der Waals surface area contributed by atoms with Gasteiger partial charge in [0.15, 0.2) is 5.96 Å². The van der Waals surface area contributed by atoms with Crippen molar-refractivity contribution >= 4 is 5.96 Å². The summed E-state index contributed by atoms with van der Waals surface area (Å²) in [4.78, 5) is 6.89. The highest BCUT2D eigenvalue weighted by Crippen LogP contribution is 2.26. The van der Waals surface area contributed by atoms with Gasteiger partial charge in [-0.15, -0.1) is 0 Å². The van der Waals surface area contributed by atoms with Crippen LogP contribution in [0.25, 0.3) is 0 Å². The molecule has 2 rings (SSSR count). The molecule has 5 heteroatoms. The normalized spacial score (nSPS) is 20.1. The zero-order chi connectivity index (χ0) is 16.7. The molecule has 0 aliphatic carbocycles. The maximum absolute atomic E-state index is 4.50. The monoisotopic (exact) mass is 319 g/mol. The van der Waals surface area contributed by atoms with Gasteiger partial charge in [0.2, 0.25) is 0 Å². The summed E-state index contributed by atoms with van der Waals surface area (Å²) in [6.45, 7) is 7.71. The maximum Gasteiger partial charge on any atom is 0.193 e. The summed E-state index contributed by atoms with van der Waals surface area (Å²) in [7, 11) is 3.88. The topological polar surface area (TPSA) is 45.5 Å². The molecule has 0 bridgehead atoms. The lowest BCUT2D eigenvalue weighted by molar-refractivity contribution is 0.424. The van der Waals surface area contributed by atoms with Crippen LogP contribution in [0.4, 0.5) is 0 Å². The first-order valence-corrected chi connectivity index (χ1v) is 9.12. The quantitative estimate of drug-likeness (QED) is 0.621. The van der Waals surface area contributed by atoms with Gasteiger partial charge in [0, 0.05) is 45.8 Å². The first kappa shape index (κ1) is 17.8. The Morgan fingerprint density at radius 3 is 2.91 bits per heavy atom. The molecule has 1 aromatic heterocycles. The minimum atomic E-state index is 0.573. The summed E-state index contributed by atoms with van der Waals surface area (Å²) in [5, 5.41) is 7.91. The number of guanidine groups is 1. The minimum absolute atomic E-state index is 0.573. The lowest BCUT2D eigenvalue weighted by Crippen LogP contribution is -2.41. The van der Waals surface area contributed by atoms with Crippen molar-refractivity contribution in [3.05, 3.63) is 18.0 Å². The highest BCUT2D eigenvalue weighted by atomic mass is 15.3. The van der Waals surface area contributed by atoms with Crippen molar-refractivity contribution in [2.45, 2.75) is 51.9 Å². The van der Waals surface area contributed by atoms with E-state index in [4.69, 9.17) is 0 Å². The molecular formula is C18H33N5. The Bertz CT molecular complexity index is 493. The zero-order valence-electron chi connectivity index (χ0n) is 15.3. The van der Waals surface area contributed by atoms with Crippen LogP contribution in [0.2, 0.25) is 0 Å². The van der Waals surface area contributed by atoms with Gasteiger partial charge in [-0.3, -0.25) is 9.67 Å². The van der Waals surface area contributed by atoms with Gasteiger partial charge in [0.1, 0.15) is 0 Å². The molecule has 2 atom stereocenters. The first-order chi connectivity index (χ1) is 11.2. The van der Waals surface area contributed by atoms with Crippen LogP contribution < -0.4 is 5.32 Å². The molecule has 1 aliphatic heterocycles. The van der Waals surface area contributed by atoms with Crippen molar-refractivity contribution in [2.24, 2.45) is 18.0 Å². The highest BCUT2D eigenvalue weighted by Gasteiger charge is 2.27. The van der Waals surface area contributed by atoms with Crippen molar-refractivity contribution in [2.75, 3.05) is 26.7 Å². The molecule has 1 fully saturated rings. The predicted molar refractivity (Wildman–Crippen MR) is 96.8 cm³/mol. The molecule has 1 aromatic rings. The van der Waals surface area contributed by atoms with E-state index in [1.807, 2.05) is 25.0 Å². The van der Waals surface area contributed by atoms with Gasteiger partial charge in [0.25, 0.3) is 0 Å². The van der Waals surface area contributed by atoms with Crippen LogP contribution in [0, 0.1) is 5.92 Å². The second-order valence-corrected chi connectivity index (χ2v) is 6.72. The van der Waals surface area contributed by atoms with Crippen molar-refractivity contribution in [3.63, 3.8) is 0 Å². The van der Waals surface area contributed by atoms with Crippen LogP contribution in [-0.4, -0.2) is 47.3 Å². The highest BCUT2D eigenvalue weighted by molar-refractivity contribution is 5.80. The van der Waals surface area contributed by atoms with Crippen LogP contribution in [0.1, 0.15) is 57.4 Å². The largest absolute Gasteiger partial charge is 0.356 e. The number of aliphatic imine (C=N–C) groups is 1.